The van der Waals surface area contributed by atoms with Crippen molar-refractivity contribution in [2.24, 2.45) is 5.92 Å². The monoisotopic (exact) mass is 214 g/mol. The minimum absolute atomic E-state index is 0.185. The lowest BCUT2D eigenvalue weighted by Crippen LogP contribution is -2.06. The highest BCUT2D eigenvalue weighted by Crippen LogP contribution is 2.56. The van der Waals surface area contributed by atoms with Crippen molar-refractivity contribution in [3.63, 3.8) is 0 Å². The van der Waals surface area contributed by atoms with Crippen LogP contribution in [0.2, 0.25) is 0 Å². The first-order valence-corrected chi connectivity index (χ1v) is 5.29. The molecule has 0 radical (unpaired) electrons. The number of rotatable bonds is 4. The van der Waals surface area contributed by atoms with Crippen LogP contribution in [0.15, 0.2) is 0 Å². The molecule has 3 heteroatoms. The fourth-order valence-electron chi connectivity index (χ4n) is 1.23. The van der Waals surface area contributed by atoms with E-state index in [1.54, 1.807) is 0 Å². The Hall–Kier alpha value is 0.870. The van der Waals surface area contributed by atoms with Gasteiger partial charge in [-0.1, -0.05) is 19.8 Å². The zero-order valence-electron chi connectivity index (χ0n) is 6.62. The van der Waals surface area contributed by atoms with Gasteiger partial charge in [-0.25, -0.2) is 0 Å². The highest BCUT2D eigenvalue weighted by atomic mass is 35.5. The Morgan fingerprint density at radius 2 is 2.09 bits per heavy atom. The first-order valence-electron chi connectivity index (χ1n) is 4.10. The maximum atomic E-state index is 6.07. The van der Waals surface area contributed by atoms with Crippen molar-refractivity contribution < 1.29 is 0 Å². The SMILES string of the molecule is CCCCC(Cl)C1CC1(Cl)Cl. The summed E-state index contributed by atoms with van der Waals surface area (Å²) in [5, 5.41) is 0.185. The lowest BCUT2D eigenvalue weighted by atomic mass is 10.1. The lowest BCUT2D eigenvalue weighted by molar-refractivity contribution is 0.625. The molecule has 0 N–H and O–H groups in total. The second-order valence-electron chi connectivity index (χ2n) is 3.23. The molecular formula is C8H13Cl3. The van der Waals surface area contributed by atoms with Crippen LogP contribution in [-0.4, -0.2) is 9.71 Å². The van der Waals surface area contributed by atoms with Crippen molar-refractivity contribution in [2.45, 2.75) is 42.3 Å². The third-order valence-corrected chi connectivity index (χ3v) is 3.54. The maximum absolute atomic E-state index is 6.07. The minimum atomic E-state index is -0.500. The molecule has 1 fully saturated rings. The van der Waals surface area contributed by atoms with E-state index in [0.29, 0.717) is 5.92 Å². The fourth-order valence-corrected chi connectivity index (χ4v) is 2.45. The molecule has 0 amide bonds. The van der Waals surface area contributed by atoms with Gasteiger partial charge < -0.3 is 0 Å². The molecule has 1 aliphatic carbocycles. The van der Waals surface area contributed by atoms with Crippen LogP contribution in [0.3, 0.4) is 0 Å². The zero-order valence-corrected chi connectivity index (χ0v) is 8.88. The average molecular weight is 216 g/mol. The Balaban J connectivity index is 2.17. The van der Waals surface area contributed by atoms with Crippen molar-refractivity contribution in [1.29, 1.82) is 0 Å². The van der Waals surface area contributed by atoms with Crippen molar-refractivity contribution in [3.05, 3.63) is 0 Å². The predicted molar refractivity (Wildman–Crippen MR) is 51.7 cm³/mol. The van der Waals surface area contributed by atoms with Crippen LogP contribution in [0.1, 0.15) is 32.6 Å². The van der Waals surface area contributed by atoms with Gasteiger partial charge in [-0.3, -0.25) is 0 Å². The number of hydrogen-bond acceptors (Lipinski definition) is 0. The molecule has 0 heterocycles. The summed E-state index contributed by atoms with van der Waals surface area (Å²) in [6, 6.07) is 0. The number of unbranched alkanes of at least 4 members (excludes halogenated alkanes) is 1. The molecule has 1 saturated carbocycles. The van der Waals surface area contributed by atoms with Crippen LogP contribution in [-0.2, 0) is 0 Å². The van der Waals surface area contributed by atoms with E-state index in [9.17, 15) is 0 Å². The van der Waals surface area contributed by atoms with Gasteiger partial charge >= 0.3 is 0 Å². The van der Waals surface area contributed by atoms with Crippen LogP contribution in [0.25, 0.3) is 0 Å². The standard InChI is InChI=1S/C8H13Cl3/c1-2-3-4-7(9)6-5-8(6,10)11/h6-7H,2-5H2,1H3. The van der Waals surface area contributed by atoms with Crippen LogP contribution >= 0.6 is 34.8 Å². The fraction of sp³-hybridized carbons (Fsp3) is 1.00. The van der Waals surface area contributed by atoms with E-state index in [1.807, 2.05) is 0 Å². The molecule has 0 aliphatic heterocycles. The second kappa shape index (κ2) is 3.72. The highest BCUT2D eigenvalue weighted by molar-refractivity contribution is 6.51. The molecule has 0 aromatic heterocycles. The van der Waals surface area contributed by atoms with Gasteiger partial charge in [0.25, 0.3) is 0 Å². The van der Waals surface area contributed by atoms with Gasteiger partial charge in [0.05, 0.1) is 0 Å². The van der Waals surface area contributed by atoms with Crippen molar-refractivity contribution in [1.82, 2.24) is 0 Å². The summed E-state index contributed by atoms with van der Waals surface area (Å²) in [5.74, 6) is 0.332. The van der Waals surface area contributed by atoms with Crippen molar-refractivity contribution >= 4 is 34.8 Å². The predicted octanol–water partition coefficient (Wildman–Crippen LogP) is 3.98. The molecule has 66 valence electrons. The first-order chi connectivity index (χ1) is 5.08. The normalized spacial score (nSPS) is 30.0. The topological polar surface area (TPSA) is 0 Å². The van der Waals surface area contributed by atoms with Crippen molar-refractivity contribution in [2.75, 3.05) is 0 Å². The molecule has 2 atom stereocenters. The molecule has 0 aromatic rings. The van der Waals surface area contributed by atoms with E-state index in [2.05, 4.69) is 6.92 Å². The number of halogens is 3. The van der Waals surface area contributed by atoms with Gasteiger partial charge in [0.15, 0.2) is 0 Å². The van der Waals surface area contributed by atoms with Gasteiger partial charge in [0.1, 0.15) is 4.33 Å². The van der Waals surface area contributed by atoms with Crippen LogP contribution in [0, 0.1) is 5.92 Å². The first kappa shape index (κ1) is 9.95. The Bertz CT molecular complexity index is 133. The van der Waals surface area contributed by atoms with Gasteiger partial charge in [-0.2, -0.15) is 0 Å². The minimum Gasteiger partial charge on any atom is -0.123 e. The zero-order chi connectivity index (χ0) is 8.48. The average Bonchev–Trinajstić information content (AvgIpc) is 2.55. The summed E-state index contributed by atoms with van der Waals surface area (Å²) in [5.41, 5.74) is 0. The number of hydrogen-bond donors (Lipinski definition) is 0. The van der Waals surface area contributed by atoms with Crippen LogP contribution in [0.4, 0.5) is 0 Å². The van der Waals surface area contributed by atoms with E-state index in [0.717, 1.165) is 12.8 Å². The number of alkyl halides is 3. The smallest absolute Gasteiger partial charge is 0.123 e. The van der Waals surface area contributed by atoms with E-state index in [1.165, 1.54) is 12.8 Å². The molecule has 0 aromatic carbocycles. The van der Waals surface area contributed by atoms with E-state index in [4.69, 9.17) is 34.8 Å². The van der Waals surface area contributed by atoms with Gasteiger partial charge in [0, 0.05) is 11.3 Å². The van der Waals surface area contributed by atoms with E-state index in [-0.39, 0.29) is 5.38 Å². The summed E-state index contributed by atoms with van der Waals surface area (Å²) in [6.07, 6.45) is 4.28. The van der Waals surface area contributed by atoms with Gasteiger partial charge in [-0.05, 0) is 12.8 Å². The maximum Gasteiger partial charge on any atom is 0.123 e. The second-order valence-corrected chi connectivity index (χ2v) is 5.33. The molecule has 0 bridgehead atoms. The summed E-state index contributed by atoms with van der Waals surface area (Å²) in [7, 11) is 0. The molecular weight excluding hydrogens is 202 g/mol. The Kier molecular flexibility index (Phi) is 3.37. The molecule has 0 saturated heterocycles. The Morgan fingerprint density at radius 1 is 1.55 bits per heavy atom. The third kappa shape index (κ3) is 2.68. The van der Waals surface area contributed by atoms with E-state index < -0.39 is 4.33 Å². The molecule has 11 heavy (non-hydrogen) atoms. The third-order valence-electron chi connectivity index (χ3n) is 2.14. The molecule has 0 spiro atoms. The Labute approximate surface area is 83.2 Å². The summed E-state index contributed by atoms with van der Waals surface area (Å²) >= 11 is 17.8. The summed E-state index contributed by atoms with van der Waals surface area (Å²) in [4.78, 5) is 0. The van der Waals surface area contributed by atoms with Crippen molar-refractivity contribution in [3.8, 4) is 0 Å². The largest absolute Gasteiger partial charge is 0.123 e. The van der Waals surface area contributed by atoms with Gasteiger partial charge in [-0.15, -0.1) is 34.8 Å². The lowest BCUT2D eigenvalue weighted by Gasteiger charge is -2.07. The molecule has 1 aliphatic rings. The summed E-state index contributed by atoms with van der Waals surface area (Å²) in [6.45, 7) is 2.16. The summed E-state index contributed by atoms with van der Waals surface area (Å²) < 4.78 is -0.500. The van der Waals surface area contributed by atoms with Crippen LogP contribution < -0.4 is 0 Å². The Morgan fingerprint density at radius 3 is 2.45 bits per heavy atom. The van der Waals surface area contributed by atoms with Crippen LogP contribution in [0.5, 0.6) is 0 Å². The molecule has 2 unspecified atom stereocenters. The highest BCUT2D eigenvalue weighted by Gasteiger charge is 2.54. The van der Waals surface area contributed by atoms with Gasteiger partial charge in [0.2, 0.25) is 0 Å². The van der Waals surface area contributed by atoms with E-state index >= 15 is 0 Å². The quantitative estimate of drug-likeness (QED) is 0.623. The molecule has 1 rings (SSSR count). The molecule has 0 nitrogen and oxygen atoms in total.